The van der Waals surface area contributed by atoms with Crippen molar-refractivity contribution in [2.45, 2.75) is 26.3 Å². The van der Waals surface area contributed by atoms with Gasteiger partial charge in [0.1, 0.15) is 5.71 Å². The minimum atomic E-state index is 0.504. The summed E-state index contributed by atoms with van der Waals surface area (Å²) >= 11 is 0. The molecule has 0 amide bonds. The number of pyridine rings is 1. The van der Waals surface area contributed by atoms with Crippen LogP contribution >= 0.6 is 0 Å². The maximum absolute atomic E-state index is 5.55. The molecule has 2 N–H and O–H groups in total. The van der Waals surface area contributed by atoms with Crippen LogP contribution in [0.25, 0.3) is 0 Å². The van der Waals surface area contributed by atoms with E-state index in [0.717, 1.165) is 22.4 Å². The topological polar surface area (TPSA) is 63.6 Å². The van der Waals surface area contributed by atoms with Gasteiger partial charge in [0.25, 0.3) is 0 Å². The Bertz CT molecular complexity index is 822. The summed E-state index contributed by atoms with van der Waals surface area (Å²) in [6.07, 6.45) is 5.93. The van der Waals surface area contributed by atoms with Crippen molar-refractivity contribution in [3.05, 3.63) is 65.0 Å². The summed E-state index contributed by atoms with van der Waals surface area (Å²) in [4.78, 5) is 8.64. The van der Waals surface area contributed by atoms with Gasteiger partial charge in [-0.15, -0.1) is 0 Å². The van der Waals surface area contributed by atoms with E-state index in [2.05, 4.69) is 33.0 Å². The Morgan fingerprint density at radius 3 is 2.88 bits per heavy atom. The zero-order chi connectivity index (χ0) is 16.8. The third kappa shape index (κ3) is 4.30. The molecule has 3 rings (SSSR count). The van der Waals surface area contributed by atoms with E-state index in [4.69, 9.17) is 5.84 Å². The fourth-order valence-electron chi connectivity index (χ4n) is 2.33. The SMILES string of the molecule is Cc1cc(C#CC2CC2)ccc1/C(C=NCc1ccccn1)=N/N. The molecule has 2 aromatic rings. The van der Waals surface area contributed by atoms with Crippen molar-refractivity contribution >= 4 is 11.9 Å². The first-order chi connectivity index (χ1) is 11.8. The zero-order valence-electron chi connectivity index (χ0n) is 13.7. The highest BCUT2D eigenvalue weighted by Gasteiger charge is 2.17. The fraction of sp³-hybridized carbons (Fsp3) is 0.250. The number of aryl methyl sites for hydroxylation is 1. The molecule has 1 saturated carbocycles. The van der Waals surface area contributed by atoms with E-state index in [1.54, 1.807) is 12.4 Å². The second-order valence-corrected chi connectivity index (χ2v) is 5.88. The first-order valence-corrected chi connectivity index (χ1v) is 8.06. The molecule has 4 heteroatoms. The lowest BCUT2D eigenvalue weighted by Gasteiger charge is -2.05. The quantitative estimate of drug-likeness (QED) is 0.408. The predicted octanol–water partition coefficient (Wildman–Crippen LogP) is 3.09. The van der Waals surface area contributed by atoms with E-state index in [1.807, 2.05) is 37.3 Å². The molecule has 1 aromatic heterocycles. The summed E-state index contributed by atoms with van der Waals surface area (Å²) in [5.74, 6) is 12.7. The predicted molar refractivity (Wildman–Crippen MR) is 97.9 cm³/mol. The lowest BCUT2D eigenvalue weighted by atomic mass is 10.0. The highest BCUT2D eigenvalue weighted by molar-refractivity contribution is 6.38. The molecule has 0 unspecified atom stereocenters. The van der Waals surface area contributed by atoms with E-state index in [0.29, 0.717) is 18.2 Å². The number of hydrogen-bond acceptors (Lipinski definition) is 4. The van der Waals surface area contributed by atoms with Crippen molar-refractivity contribution < 1.29 is 0 Å². The number of benzene rings is 1. The Kier molecular flexibility index (Phi) is 5.02. The number of nitrogens with zero attached hydrogens (tertiary/aromatic N) is 3. The van der Waals surface area contributed by atoms with Crippen LogP contribution in [-0.2, 0) is 6.54 Å². The molecule has 1 aliphatic carbocycles. The van der Waals surface area contributed by atoms with Gasteiger partial charge < -0.3 is 5.84 Å². The molecule has 0 spiro atoms. The van der Waals surface area contributed by atoms with Crippen LogP contribution < -0.4 is 5.84 Å². The van der Waals surface area contributed by atoms with Crippen LogP contribution in [0.1, 0.15) is 35.2 Å². The van der Waals surface area contributed by atoms with E-state index in [-0.39, 0.29) is 0 Å². The molecule has 120 valence electrons. The number of hydrazone groups is 1. The van der Waals surface area contributed by atoms with Crippen molar-refractivity contribution in [2.75, 3.05) is 0 Å². The molecule has 4 nitrogen and oxygen atoms in total. The summed E-state index contributed by atoms with van der Waals surface area (Å²) in [6.45, 7) is 2.54. The molecule has 1 heterocycles. The number of nitrogens with two attached hydrogens (primary N) is 1. The molecule has 0 atom stereocenters. The lowest BCUT2D eigenvalue weighted by Crippen LogP contribution is -2.08. The number of hydrogen-bond donors (Lipinski definition) is 1. The van der Waals surface area contributed by atoms with E-state index >= 15 is 0 Å². The summed E-state index contributed by atoms with van der Waals surface area (Å²) in [7, 11) is 0. The molecule has 0 saturated heterocycles. The largest absolute Gasteiger partial charge is 0.323 e. The average molecular weight is 316 g/mol. The van der Waals surface area contributed by atoms with Crippen LogP contribution in [0.2, 0.25) is 0 Å². The monoisotopic (exact) mass is 316 g/mol. The molecule has 1 aliphatic rings. The first-order valence-electron chi connectivity index (χ1n) is 8.06. The van der Waals surface area contributed by atoms with E-state index in [1.165, 1.54) is 12.8 Å². The standard InChI is InChI=1S/C20H20N4/c1-15-12-17(8-7-16-5-6-16)9-10-19(15)20(24-21)14-22-13-18-4-2-3-11-23-18/h2-4,9-12,14,16H,5-6,13,21H2,1H3/b22-14?,24-20+. The summed E-state index contributed by atoms with van der Waals surface area (Å²) in [5, 5.41) is 3.88. The van der Waals surface area contributed by atoms with Gasteiger partial charge in [0.15, 0.2) is 0 Å². The minimum absolute atomic E-state index is 0.504. The van der Waals surface area contributed by atoms with Gasteiger partial charge >= 0.3 is 0 Å². The van der Waals surface area contributed by atoms with Crippen LogP contribution in [0.15, 0.2) is 52.7 Å². The Balaban J connectivity index is 1.72. The van der Waals surface area contributed by atoms with Gasteiger partial charge in [-0.2, -0.15) is 5.10 Å². The maximum atomic E-state index is 5.55. The van der Waals surface area contributed by atoms with Crippen molar-refractivity contribution in [1.82, 2.24) is 4.98 Å². The van der Waals surface area contributed by atoms with Gasteiger partial charge in [-0.05, 0) is 49.6 Å². The molecular formula is C20H20N4. The third-order valence-corrected chi connectivity index (χ3v) is 3.83. The normalized spacial score (nSPS) is 14.5. The molecule has 1 aromatic carbocycles. The van der Waals surface area contributed by atoms with Gasteiger partial charge in [0.05, 0.1) is 12.2 Å². The van der Waals surface area contributed by atoms with Gasteiger partial charge in [-0.25, -0.2) is 0 Å². The Morgan fingerprint density at radius 1 is 1.33 bits per heavy atom. The molecule has 24 heavy (non-hydrogen) atoms. The second-order valence-electron chi connectivity index (χ2n) is 5.88. The molecular weight excluding hydrogens is 296 g/mol. The van der Waals surface area contributed by atoms with Gasteiger partial charge in [-0.3, -0.25) is 9.98 Å². The van der Waals surface area contributed by atoms with Crippen molar-refractivity contribution in [2.24, 2.45) is 21.9 Å². The molecule has 1 fully saturated rings. The Labute approximate surface area is 142 Å². The Morgan fingerprint density at radius 2 is 2.21 bits per heavy atom. The average Bonchev–Trinajstić information content (AvgIpc) is 3.43. The van der Waals surface area contributed by atoms with E-state index < -0.39 is 0 Å². The summed E-state index contributed by atoms with van der Waals surface area (Å²) < 4.78 is 0. The smallest absolute Gasteiger partial charge is 0.108 e. The van der Waals surface area contributed by atoms with Crippen molar-refractivity contribution in [1.29, 1.82) is 0 Å². The molecule has 0 aliphatic heterocycles. The van der Waals surface area contributed by atoms with Crippen LogP contribution in [0, 0.1) is 24.7 Å². The molecule has 0 bridgehead atoms. The molecule has 0 radical (unpaired) electrons. The third-order valence-electron chi connectivity index (χ3n) is 3.83. The number of aliphatic imine (C=N–C) groups is 1. The van der Waals surface area contributed by atoms with Crippen molar-refractivity contribution in [3.8, 4) is 11.8 Å². The lowest BCUT2D eigenvalue weighted by molar-refractivity contribution is 0.997. The maximum Gasteiger partial charge on any atom is 0.108 e. The van der Waals surface area contributed by atoms with Gasteiger partial charge in [0.2, 0.25) is 0 Å². The minimum Gasteiger partial charge on any atom is -0.323 e. The zero-order valence-corrected chi connectivity index (χ0v) is 13.7. The highest BCUT2D eigenvalue weighted by atomic mass is 15.1. The number of aromatic nitrogens is 1. The first kappa shape index (κ1) is 15.9. The van der Waals surface area contributed by atoms with Crippen LogP contribution in [0.4, 0.5) is 0 Å². The van der Waals surface area contributed by atoms with Crippen LogP contribution in [0.5, 0.6) is 0 Å². The number of rotatable bonds is 4. The van der Waals surface area contributed by atoms with Crippen LogP contribution in [-0.4, -0.2) is 16.9 Å². The highest BCUT2D eigenvalue weighted by Crippen LogP contribution is 2.27. The van der Waals surface area contributed by atoms with E-state index in [9.17, 15) is 0 Å². The van der Waals surface area contributed by atoms with Gasteiger partial charge in [0, 0.05) is 29.5 Å². The summed E-state index contributed by atoms with van der Waals surface area (Å²) in [5.41, 5.74) is 4.66. The van der Waals surface area contributed by atoms with Crippen LogP contribution in [0.3, 0.4) is 0 Å². The summed E-state index contributed by atoms with van der Waals surface area (Å²) in [6, 6.07) is 11.9. The van der Waals surface area contributed by atoms with Gasteiger partial charge in [-0.1, -0.05) is 24.0 Å². The fourth-order valence-corrected chi connectivity index (χ4v) is 2.33. The second kappa shape index (κ2) is 7.56. The Hall–Kier alpha value is -2.93. The van der Waals surface area contributed by atoms with Crippen molar-refractivity contribution in [3.63, 3.8) is 0 Å².